The zero-order chi connectivity index (χ0) is 8.97. The van der Waals surface area contributed by atoms with E-state index in [-0.39, 0.29) is 12.2 Å². The molecule has 0 bridgehead atoms. The number of halogens is 1. The van der Waals surface area contributed by atoms with Crippen LogP contribution in [0.3, 0.4) is 0 Å². The third-order valence-electron chi connectivity index (χ3n) is 1.48. The summed E-state index contributed by atoms with van der Waals surface area (Å²) in [4.78, 5) is 10.7. The number of Topliss-reactive ketones (excluding diaryl/α,β-unsaturated/α-hetero) is 1. The zero-order valence-electron chi connectivity index (χ0n) is 6.38. The molecule has 0 heterocycles. The first kappa shape index (κ1) is 8.59. The van der Waals surface area contributed by atoms with Crippen LogP contribution in [0.1, 0.15) is 5.56 Å². The van der Waals surface area contributed by atoms with Crippen LogP contribution in [-0.2, 0) is 11.2 Å². The molecule has 0 radical (unpaired) electrons. The van der Waals surface area contributed by atoms with Gasteiger partial charge in [0.15, 0.2) is 5.78 Å². The number of carbonyl (C=O) groups excluding carboxylic acids is 1. The van der Waals surface area contributed by atoms with Gasteiger partial charge in [0.05, 0.1) is 6.21 Å². The average Bonchev–Trinajstić information content (AvgIpc) is 2.09. The van der Waals surface area contributed by atoms with Gasteiger partial charge in [0.2, 0.25) is 0 Å². The summed E-state index contributed by atoms with van der Waals surface area (Å²) in [7, 11) is 0. The van der Waals surface area contributed by atoms with E-state index in [1.165, 1.54) is 12.1 Å². The molecule has 3 heteroatoms. The highest BCUT2D eigenvalue weighted by molar-refractivity contribution is 6.26. The third kappa shape index (κ3) is 1.99. The number of ketones is 1. The minimum absolute atomic E-state index is 0.0316. The van der Waals surface area contributed by atoms with Gasteiger partial charge in [0.1, 0.15) is 5.82 Å². The minimum atomic E-state index is -0.396. The first-order chi connectivity index (χ1) is 5.74. The van der Waals surface area contributed by atoms with Gasteiger partial charge in [-0.2, -0.15) is 0 Å². The SMILES string of the molecule is N=CC(=O)Cc1ccccc1F. The van der Waals surface area contributed by atoms with Gasteiger partial charge in [-0.05, 0) is 11.6 Å². The maximum Gasteiger partial charge on any atom is 0.177 e. The molecule has 0 aliphatic heterocycles. The zero-order valence-corrected chi connectivity index (χ0v) is 6.38. The number of benzene rings is 1. The summed E-state index contributed by atoms with van der Waals surface area (Å²) >= 11 is 0. The minimum Gasteiger partial charge on any atom is -0.305 e. The van der Waals surface area contributed by atoms with Crippen LogP contribution < -0.4 is 0 Å². The molecule has 0 aromatic heterocycles. The third-order valence-corrected chi connectivity index (χ3v) is 1.48. The lowest BCUT2D eigenvalue weighted by Crippen LogP contribution is -2.04. The van der Waals surface area contributed by atoms with E-state index >= 15 is 0 Å². The number of hydrogen-bond acceptors (Lipinski definition) is 2. The lowest BCUT2D eigenvalue weighted by atomic mass is 10.1. The Bertz CT molecular complexity index is 309. The second kappa shape index (κ2) is 3.76. The number of carbonyl (C=O) groups is 1. The van der Waals surface area contributed by atoms with Crippen molar-refractivity contribution in [3.05, 3.63) is 35.6 Å². The van der Waals surface area contributed by atoms with Crippen LogP contribution in [0.15, 0.2) is 24.3 Å². The molecule has 12 heavy (non-hydrogen) atoms. The highest BCUT2D eigenvalue weighted by Gasteiger charge is 2.03. The second-order valence-corrected chi connectivity index (χ2v) is 2.38. The monoisotopic (exact) mass is 165 g/mol. The smallest absolute Gasteiger partial charge is 0.177 e. The molecular weight excluding hydrogens is 157 g/mol. The van der Waals surface area contributed by atoms with Crippen molar-refractivity contribution in [2.75, 3.05) is 0 Å². The Morgan fingerprint density at radius 1 is 1.50 bits per heavy atom. The van der Waals surface area contributed by atoms with Crippen molar-refractivity contribution in [2.45, 2.75) is 6.42 Å². The Kier molecular flexibility index (Phi) is 2.69. The van der Waals surface area contributed by atoms with E-state index in [0.717, 1.165) is 0 Å². The maximum absolute atomic E-state index is 12.9. The number of rotatable bonds is 3. The van der Waals surface area contributed by atoms with E-state index in [4.69, 9.17) is 5.41 Å². The molecule has 1 rings (SSSR count). The van der Waals surface area contributed by atoms with Crippen molar-refractivity contribution in [3.63, 3.8) is 0 Å². The summed E-state index contributed by atoms with van der Waals surface area (Å²) in [6, 6.07) is 6.06. The molecule has 0 saturated carbocycles. The quantitative estimate of drug-likeness (QED) is 0.679. The number of nitrogens with one attached hydrogen (secondary N) is 1. The topological polar surface area (TPSA) is 40.9 Å². The van der Waals surface area contributed by atoms with Crippen LogP contribution in [-0.4, -0.2) is 12.0 Å². The van der Waals surface area contributed by atoms with E-state index in [0.29, 0.717) is 11.8 Å². The first-order valence-electron chi connectivity index (χ1n) is 3.50. The van der Waals surface area contributed by atoms with Gasteiger partial charge in [0, 0.05) is 6.42 Å². The summed E-state index contributed by atoms with van der Waals surface area (Å²) in [5, 5.41) is 6.63. The van der Waals surface area contributed by atoms with Gasteiger partial charge in [0.25, 0.3) is 0 Å². The van der Waals surface area contributed by atoms with Gasteiger partial charge < -0.3 is 5.41 Å². The highest BCUT2D eigenvalue weighted by Crippen LogP contribution is 2.06. The molecule has 2 nitrogen and oxygen atoms in total. The van der Waals surface area contributed by atoms with Crippen molar-refractivity contribution < 1.29 is 9.18 Å². The fraction of sp³-hybridized carbons (Fsp3) is 0.111. The van der Waals surface area contributed by atoms with Crippen LogP contribution >= 0.6 is 0 Å². The maximum atomic E-state index is 12.9. The van der Waals surface area contributed by atoms with Crippen LogP contribution in [0.4, 0.5) is 4.39 Å². The van der Waals surface area contributed by atoms with Crippen molar-refractivity contribution in [2.24, 2.45) is 0 Å². The predicted octanol–water partition coefficient (Wildman–Crippen LogP) is 1.59. The summed E-state index contributed by atoms with van der Waals surface area (Å²) in [5.74, 6) is -0.784. The molecule has 0 saturated heterocycles. The molecular formula is C9H8FNO. The highest BCUT2D eigenvalue weighted by atomic mass is 19.1. The molecule has 1 N–H and O–H groups in total. The van der Waals surface area contributed by atoms with Crippen molar-refractivity contribution in [3.8, 4) is 0 Å². The summed E-state index contributed by atoms with van der Waals surface area (Å²) in [5.41, 5.74) is 0.339. The van der Waals surface area contributed by atoms with E-state index in [9.17, 15) is 9.18 Å². The lowest BCUT2D eigenvalue weighted by molar-refractivity contribution is -0.112. The van der Waals surface area contributed by atoms with E-state index in [2.05, 4.69) is 0 Å². The van der Waals surface area contributed by atoms with E-state index in [1.807, 2.05) is 0 Å². The van der Waals surface area contributed by atoms with Gasteiger partial charge >= 0.3 is 0 Å². The Hall–Kier alpha value is -1.51. The average molecular weight is 165 g/mol. The van der Waals surface area contributed by atoms with Gasteiger partial charge in [-0.3, -0.25) is 4.79 Å². The molecule has 0 atom stereocenters. The summed E-state index contributed by atoms with van der Waals surface area (Å²) < 4.78 is 12.9. The molecule has 0 aliphatic carbocycles. The second-order valence-electron chi connectivity index (χ2n) is 2.38. The van der Waals surface area contributed by atoms with E-state index < -0.39 is 5.82 Å². The van der Waals surface area contributed by atoms with Crippen molar-refractivity contribution in [1.29, 1.82) is 5.41 Å². The Labute approximate surface area is 69.5 Å². The fourth-order valence-corrected chi connectivity index (χ4v) is 0.880. The lowest BCUT2D eigenvalue weighted by Gasteiger charge is -1.97. The molecule has 0 unspecified atom stereocenters. The van der Waals surface area contributed by atoms with Crippen molar-refractivity contribution >= 4 is 12.0 Å². The fourth-order valence-electron chi connectivity index (χ4n) is 0.880. The Balaban J connectivity index is 2.82. The van der Waals surface area contributed by atoms with Gasteiger partial charge in [-0.15, -0.1) is 0 Å². The van der Waals surface area contributed by atoms with Crippen LogP contribution in [0.5, 0.6) is 0 Å². The molecule has 62 valence electrons. The Morgan fingerprint density at radius 2 is 2.17 bits per heavy atom. The molecule has 1 aromatic carbocycles. The molecule has 1 aromatic rings. The molecule has 0 aliphatic rings. The molecule has 0 fully saturated rings. The Morgan fingerprint density at radius 3 is 2.75 bits per heavy atom. The summed E-state index contributed by atoms with van der Waals surface area (Å²) in [6.07, 6.45) is 0.669. The normalized spacial score (nSPS) is 9.42. The number of hydrogen-bond donors (Lipinski definition) is 1. The van der Waals surface area contributed by atoms with Gasteiger partial charge in [-0.1, -0.05) is 18.2 Å². The standard InChI is InChI=1S/C9H8FNO/c10-9-4-2-1-3-7(9)5-8(12)6-11/h1-4,6,11H,5H2. The summed E-state index contributed by atoms with van der Waals surface area (Å²) in [6.45, 7) is 0. The van der Waals surface area contributed by atoms with Gasteiger partial charge in [-0.25, -0.2) is 4.39 Å². The van der Waals surface area contributed by atoms with Crippen LogP contribution in [0.2, 0.25) is 0 Å². The first-order valence-corrected chi connectivity index (χ1v) is 3.50. The molecule has 0 amide bonds. The largest absolute Gasteiger partial charge is 0.305 e. The molecule has 0 spiro atoms. The predicted molar refractivity (Wildman–Crippen MR) is 43.9 cm³/mol. The van der Waals surface area contributed by atoms with Crippen LogP contribution in [0, 0.1) is 11.2 Å². The van der Waals surface area contributed by atoms with Crippen LogP contribution in [0.25, 0.3) is 0 Å². The van der Waals surface area contributed by atoms with Crippen molar-refractivity contribution in [1.82, 2.24) is 0 Å². The van der Waals surface area contributed by atoms with E-state index in [1.54, 1.807) is 12.1 Å².